The Labute approximate surface area is 127 Å². The van der Waals surface area contributed by atoms with Crippen LogP contribution in [-0.2, 0) is 0 Å². The lowest BCUT2D eigenvalue weighted by Crippen LogP contribution is -2.05. The maximum absolute atomic E-state index is 14.1. The van der Waals surface area contributed by atoms with Crippen molar-refractivity contribution in [1.29, 1.82) is 5.26 Å². The molecule has 114 valence electrons. The number of benzene rings is 1. The standard InChI is InChI=1S/C15H16FN5O/c1-2-3-6-22-12-5-4-9(7-11(12)16)13-10(8-17)14(18)21-15(19)20-13/h4-5,7H,2-3,6H2,1H3,(H4,18,19,20,21). The van der Waals surface area contributed by atoms with E-state index in [4.69, 9.17) is 21.5 Å². The Balaban J connectivity index is 2.39. The van der Waals surface area contributed by atoms with Gasteiger partial charge < -0.3 is 16.2 Å². The second-order valence-corrected chi connectivity index (χ2v) is 4.65. The third kappa shape index (κ3) is 3.23. The number of unbranched alkanes of at least 4 members (excludes halogenated alkanes) is 1. The van der Waals surface area contributed by atoms with E-state index in [0.29, 0.717) is 12.2 Å². The molecule has 0 fully saturated rings. The molecule has 0 atom stereocenters. The number of nitrogen functional groups attached to an aromatic ring is 2. The fourth-order valence-corrected chi connectivity index (χ4v) is 1.91. The summed E-state index contributed by atoms with van der Waals surface area (Å²) in [6, 6.07) is 6.25. The number of anilines is 2. The molecule has 7 heteroatoms. The number of aromatic nitrogens is 2. The van der Waals surface area contributed by atoms with E-state index in [1.807, 2.05) is 13.0 Å². The van der Waals surface area contributed by atoms with Gasteiger partial charge in [0.1, 0.15) is 17.5 Å². The fourth-order valence-electron chi connectivity index (χ4n) is 1.91. The molecular formula is C15H16FN5O. The summed E-state index contributed by atoms with van der Waals surface area (Å²) >= 11 is 0. The smallest absolute Gasteiger partial charge is 0.222 e. The monoisotopic (exact) mass is 301 g/mol. The number of hydrogen-bond donors (Lipinski definition) is 2. The molecule has 0 saturated heterocycles. The Kier molecular flexibility index (Phi) is 4.73. The van der Waals surface area contributed by atoms with Crippen LogP contribution in [0.15, 0.2) is 18.2 Å². The van der Waals surface area contributed by atoms with Crippen LogP contribution in [0.2, 0.25) is 0 Å². The van der Waals surface area contributed by atoms with Gasteiger partial charge >= 0.3 is 0 Å². The van der Waals surface area contributed by atoms with Gasteiger partial charge in [0, 0.05) is 5.56 Å². The van der Waals surface area contributed by atoms with Gasteiger partial charge in [0.2, 0.25) is 5.95 Å². The van der Waals surface area contributed by atoms with Gasteiger partial charge in [0.05, 0.1) is 12.3 Å². The van der Waals surface area contributed by atoms with Crippen LogP contribution in [0.25, 0.3) is 11.3 Å². The highest BCUT2D eigenvalue weighted by molar-refractivity contribution is 5.73. The molecule has 6 nitrogen and oxygen atoms in total. The van der Waals surface area contributed by atoms with Crippen molar-refractivity contribution in [2.24, 2.45) is 0 Å². The molecule has 0 aliphatic rings. The molecule has 0 spiro atoms. The van der Waals surface area contributed by atoms with Crippen molar-refractivity contribution in [2.45, 2.75) is 19.8 Å². The molecule has 1 aromatic carbocycles. The average Bonchev–Trinajstić information content (AvgIpc) is 2.48. The minimum atomic E-state index is -0.534. The first-order valence-electron chi connectivity index (χ1n) is 6.82. The molecule has 0 aliphatic heterocycles. The Bertz CT molecular complexity index is 727. The topological polar surface area (TPSA) is 111 Å². The first-order valence-corrected chi connectivity index (χ1v) is 6.82. The summed E-state index contributed by atoms with van der Waals surface area (Å²) in [5.74, 6) is -0.484. The summed E-state index contributed by atoms with van der Waals surface area (Å²) in [4.78, 5) is 7.70. The zero-order valence-electron chi connectivity index (χ0n) is 12.1. The number of ether oxygens (including phenoxy) is 1. The van der Waals surface area contributed by atoms with Crippen LogP contribution >= 0.6 is 0 Å². The maximum Gasteiger partial charge on any atom is 0.222 e. The highest BCUT2D eigenvalue weighted by Gasteiger charge is 2.15. The van der Waals surface area contributed by atoms with Gasteiger partial charge in [-0.15, -0.1) is 0 Å². The lowest BCUT2D eigenvalue weighted by Gasteiger charge is -2.10. The van der Waals surface area contributed by atoms with Crippen LogP contribution in [-0.4, -0.2) is 16.6 Å². The fraction of sp³-hybridized carbons (Fsp3) is 0.267. The lowest BCUT2D eigenvalue weighted by atomic mass is 10.1. The van der Waals surface area contributed by atoms with Gasteiger partial charge in [-0.2, -0.15) is 10.2 Å². The van der Waals surface area contributed by atoms with Crippen molar-refractivity contribution in [2.75, 3.05) is 18.1 Å². The number of nitrogens with two attached hydrogens (primary N) is 2. The zero-order valence-corrected chi connectivity index (χ0v) is 12.1. The molecule has 22 heavy (non-hydrogen) atoms. The number of halogens is 1. The molecular weight excluding hydrogens is 285 g/mol. The van der Waals surface area contributed by atoms with E-state index in [-0.39, 0.29) is 28.8 Å². The number of hydrogen-bond acceptors (Lipinski definition) is 6. The number of nitrogens with zero attached hydrogens (tertiary/aromatic N) is 3. The summed E-state index contributed by atoms with van der Waals surface area (Å²) in [6.45, 7) is 2.47. The van der Waals surface area contributed by atoms with E-state index >= 15 is 0 Å². The molecule has 4 N–H and O–H groups in total. The van der Waals surface area contributed by atoms with Crippen molar-refractivity contribution in [3.05, 3.63) is 29.6 Å². The highest BCUT2D eigenvalue weighted by Crippen LogP contribution is 2.29. The van der Waals surface area contributed by atoms with E-state index in [9.17, 15) is 4.39 Å². The first kappa shape index (κ1) is 15.5. The van der Waals surface area contributed by atoms with Crippen molar-refractivity contribution in [3.8, 4) is 23.1 Å². The average molecular weight is 301 g/mol. The van der Waals surface area contributed by atoms with Crippen LogP contribution in [0.3, 0.4) is 0 Å². The molecule has 2 aromatic rings. The number of rotatable bonds is 5. The first-order chi connectivity index (χ1) is 10.6. The molecule has 2 rings (SSSR count). The molecule has 0 radical (unpaired) electrons. The van der Waals surface area contributed by atoms with E-state index in [2.05, 4.69) is 9.97 Å². The van der Waals surface area contributed by atoms with Gasteiger partial charge in [-0.05, 0) is 24.6 Å². The third-order valence-corrected chi connectivity index (χ3v) is 3.03. The van der Waals surface area contributed by atoms with Crippen LogP contribution in [0.4, 0.5) is 16.2 Å². The molecule has 0 unspecified atom stereocenters. The maximum atomic E-state index is 14.1. The molecule has 0 aliphatic carbocycles. The molecule has 0 amide bonds. The highest BCUT2D eigenvalue weighted by atomic mass is 19.1. The van der Waals surface area contributed by atoms with Crippen molar-refractivity contribution >= 4 is 11.8 Å². The van der Waals surface area contributed by atoms with Gasteiger partial charge in [-0.25, -0.2) is 9.37 Å². The molecule has 0 saturated carbocycles. The minimum Gasteiger partial charge on any atom is -0.491 e. The van der Waals surface area contributed by atoms with Crippen molar-refractivity contribution in [1.82, 2.24) is 9.97 Å². The number of nitriles is 1. The summed E-state index contributed by atoms with van der Waals surface area (Å²) in [7, 11) is 0. The predicted octanol–water partition coefficient (Wildman–Crippen LogP) is 2.50. The molecule has 1 aromatic heterocycles. The summed E-state index contributed by atoms with van der Waals surface area (Å²) in [5, 5.41) is 9.15. The normalized spacial score (nSPS) is 10.2. The van der Waals surface area contributed by atoms with E-state index in [1.165, 1.54) is 12.1 Å². The third-order valence-electron chi connectivity index (χ3n) is 3.03. The predicted molar refractivity (Wildman–Crippen MR) is 81.4 cm³/mol. The van der Waals surface area contributed by atoms with Crippen LogP contribution in [0, 0.1) is 17.1 Å². The Morgan fingerprint density at radius 1 is 1.32 bits per heavy atom. The Morgan fingerprint density at radius 3 is 2.73 bits per heavy atom. The van der Waals surface area contributed by atoms with Gasteiger partial charge in [0.15, 0.2) is 11.6 Å². The summed E-state index contributed by atoms with van der Waals surface area (Å²) < 4.78 is 19.4. The van der Waals surface area contributed by atoms with Crippen LogP contribution < -0.4 is 16.2 Å². The lowest BCUT2D eigenvalue weighted by molar-refractivity contribution is 0.294. The van der Waals surface area contributed by atoms with Gasteiger partial charge in [0.25, 0.3) is 0 Å². The summed E-state index contributed by atoms with van der Waals surface area (Å²) in [6.07, 6.45) is 1.81. The minimum absolute atomic E-state index is 0.0336. The summed E-state index contributed by atoms with van der Waals surface area (Å²) in [5.41, 5.74) is 11.8. The SMILES string of the molecule is CCCCOc1ccc(-c2nc(N)nc(N)c2C#N)cc1F. The second-order valence-electron chi connectivity index (χ2n) is 4.65. The Hall–Kier alpha value is -2.88. The second kappa shape index (κ2) is 6.72. The van der Waals surface area contributed by atoms with Gasteiger partial charge in [-0.1, -0.05) is 13.3 Å². The van der Waals surface area contributed by atoms with E-state index in [0.717, 1.165) is 12.8 Å². The van der Waals surface area contributed by atoms with Crippen molar-refractivity contribution < 1.29 is 9.13 Å². The zero-order chi connectivity index (χ0) is 16.1. The van der Waals surface area contributed by atoms with Crippen LogP contribution in [0.5, 0.6) is 5.75 Å². The van der Waals surface area contributed by atoms with Gasteiger partial charge in [-0.3, -0.25) is 0 Å². The van der Waals surface area contributed by atoms with Crippen molar-refractivity contribution in [3.63, 3.8) is 0 Å². The van der Waals surface area contributed by atoms with E-state index < -0.39 is 5.82 Å². The Morgan fingerprint density at radius 2 is 2.09 bits per heavy atom. The van der Waals surface area contributed by atoms with Crippen LogP contribution in [0.1, 0.15) is 25.3 Å². The van der Waals surface area contributed by atoms with E-state index in [1.54, 1.807) is 6.07 Å². The quantitative estimate of drug-likeness (QED) is 0.821. The largest absolute Gasteiger partial charge is 0.491 e. The molecule has 1 heterocycles. The molecule has 0 bridgehead atoms.